The smallest absolute Gasteiger partial charge is 0.123 e. The first kappa shape index (κ1) is 16.0. The molecule has 0 spiro atoms. The Morgan fingerprint density at radius 1 is 1.26 bits per heavy atom. The minimum atomic E-state index is -0.584. The lowest BCUT2D eigenvalue weighted by Crippen LogP contribution is -2.24. The highest BCUT2D eigenvalue weighted by molar-refractivity contribution is 5.33. The molecule has 1 rings (SSSR count). The Morgan fingerprint density at radius 3 is 2.79 bits per heavy atom. The van der Waals surface area contributed by atoms with E-state index in [4.69, 9.17) is 9.47 Å². The molecule has 1 aromatic carbocycles. The summed E-state index contributed by atoms with van der Waals surface area (Å²) in [6.45, 7) is 4.14. The minimum Gasteiger partial charge on any atom is -0.490 e. The molecule has 0 fully saturated rings. The summed E-state index contributed by atoms with van der Waals surface area (Å²) in [5.41, 5.74) is 1.09. The van der Waals surface area contributed by atoms with E-state index in [-0.39, 0.29) is 6.61 Å². The fourth-order valence-electron chi connectivity index (χ4n) is 1.68. The molecule has 0 saturated carbocycles. The Kier molecular flexibility index (Phi) is 8.21. The number of benzene rings is 1. The first-order valence-electron chi connectivity index (χ1n) is 6.89. The number of aliphatic hydroxyl groups is 1. The van der Waals surface area contributed by atoms with Crippen molar-refractivity contribution in [3.63, 3.8) is 0 Å². The largest absolute Gasteiger partial charge is 0.490 e. The number of unbranched alkanes of at least 4 members (excludes halogenated alkanes) is 1. The summed E-state index contributed by atoms with van der Waals surface area (Å²) in [5.74, 6) is 0.810. The number of nitrogens with one attached hydrogen (secondary N) is 1. The average Bonchev–Trinajstić information content (AvgIpc) is 2.43. The van der Waals surface area contributed by atoms with Crippen molar-refractivity contribution in [1.29, 1.82) is 0 Å². The van der Waals surface area contributed by atoms with Crippen LogP contribution in [0.5, 0.6) is 5.75 Å². The molecule has 4 heteroatoms. The van der Waals surface area contributed by atoms with Crippen molar-refractivity contribution in [1.82, 2.24) is 5.32 Å². The molecule has 0 bridgehead atoms. The van der Waals surface area contributed by atoms with E-state index in [0.29, 0.717) is 13.2 Å². The third kappa shape index (κ3) is 6.57. The van der Waals surface area contributed by atoms with Crippen LogP contribution in [0.4, 0.5) is 0 Å². The zero-order valence-electron chi connectivity index (χ0n) is 11.9. The van der Waals surface area contributed by atoms with Crippen LogP contribution >= 0.6 is 0 Å². The fraction of sp³-hybridized carbons (Fsp3) is 0.600. The maximum absolute atomic E-state index is 9.76. The summed E-state index contributed by atoms with van der Waals surface area (Å²) in [5, 5.41) is 12.9. The molecule has 0 aliphatic rings. The highest BCUT2D eigenvalue weighted by Crippen LogP contribution is 2.17. The predicted molar refractivity (Wildman–Crippen MR) is 76.4 cm³/mol. The number of para-hydroxylation sites is 1. The van der Waals surface area contributed by atoms with E-state index in [2.05, 4.69) is 12.2 Å². The van der Waals surface area contributed by atoms with E-state index in [1.165, 1.54) is 0 Å². The van der Waals surface area contributed by atoms with Crippen molar-refractivity contribution < 1.29 is 14.6 Å². The first-order valence-corrected chi connectivity index (χ1v) is 6.89. The van der Waals surface area contributed by atoms with Gasteiger partial charge in [-0.1, -0.05) is 31.5 Å². The Hall–Kier alpha value is -1.10. The molecule has 0 aliphatic heterocycles. The van der Waals surface area contributed by atoms with Gasteiger partial charge in [0, 0.05) is 18.7 Å². The lowest BCUT2D eigenvalue weighted by Gasteiger charge is -2.15. The Bertz CT molecular complexity index is 344. The molecule has 0 amide bonds. The number of hydrogen-bond acceptors (Lipinski definition) is 4. The van der Waals surface area contributed by atoms with Gasteiger partial charge >= 0.3 is 0 Å². The summed E-state index contributed by atoms with van der Waals surface area (Å²) in [6, 6.07) is 7.83. The second kappa shape index (κ2) is 9.78. The normalized spacial score (nSPS) is 12.4. The van der Waals surface area contributed by atoms with E-state index >= 15 is 0 Å². The van der Waals surface area contributed by atoms with Gasteiger partial charge in [-0.3, -0.25) is 0 Å². The van der Waals surface area contributed by atoms with Crippen molar-refractivity contribution in [2.75, 3.05) is 26.9 Å². The highest BCUT2D eigenvalue weighted by Gasteiger charge is 2.07. The van der Waals surface area contributed by atoms with Crippen LogP contribution in [0.3, 0.4) is 0 Å². The maximum Gasteiger partial charge on any atom is 0.123 e. The van der Waals surface area contributed by atoms with Gasteiger partial charge in [-0.05, 0) is 19.5 Å². The van der Waals surface area contributed by atoms with Crippen molar-refractivity contribution in [3.8, 4) is 5.75 Å². The van der Waals surface area contributed by atoms with Crippen LogP contribution < -0.4 is 10.1 Å². The number of rotatable bonds is 10. The van der Waals surface area contributed by atoms with E-state index in [1.807, 2.05) is 31.3 Å². The van der Waals surface area contributed by atoms with Gasteiger partial charge < -0.3 is 19.9 Å². The molecule has 0 aromatic heterocycles. The molecule has 0 aliphatic carbocycles. The molecule has 1 unspecified atom stereocenters. The van der Waals surface area contributed by atoms with Crippen LogP contribution in [-0.2, 0) is 11.3 Å². The predicted octanol–water partition coefficient (Wildman–Crippen LogP) is 1.96. The quantitative estimate of drug-likeness (QED) is 0.636. The van der Waals surface area contributed by atoms with Gasteiger partial charge in [0.2, 0.25) is 0 Å². The summed E-state index contributed by atoms with van der Waals surface area (Å²) >= 11 is 0. The van der Waals surface area contributed by atoms with Crippen LogP contribution in [0.25, 0.3) is 0 Å². The van der Waals surface area contributed by atoms with Crippen molar-refractivity contribution >= 4 is 0 Å². The minimum absolute atomic E-state index is 0.257. The molecule has 108 valence electrons. The zero-order chi connectivity index (χ0) is 13.9. The van der Waals surface area contributed by atoms with E-state index in [0.717, 1.165) is 30.7 Å². The van der Waals surface area contributed by atoms with E-state index < -0.39 is 6.10 Å². The number of aliphatic hydroxyl groups excluding tert-OH is 1. The lowest BCUT2D eigenvalue weighted by atomic mass is 10.2. The van der Waals surface area contributed by atoms with Gasteiger partial charge in [0.15, 0.2) is 0 Å². The highest BCUT2D eigenvalue weighted by atomic mass is 16.5. The number of hydrogen-bond donors (Lipinski definition) is 2. The summed E-state index contributed by atoms with van der Waals surface area (Å²) in [7, 11) is 1.90. The van der Waals surface area contributed by atoms with Crippen LogP contribution in [0, 0.1) is 0 Å². The molecule has 1 atom stereocenters. The molecule has 0 heterocycles. The lowest BCUT2D eigenvalue weighted by molar-refractivity contribution is 0.0111. The molecule has 1 aromatic rings. The topological polar surface area (TPSA) is 50.7 Å². The standard InChI is InChI=1S/C15H25NO3/c1-3-4-9-18-11-14(17)12-19-15-8-6-5-7-13(15)10-16-2/h5-8,14,16-17H,3-4,9-12H2,1-2H3. The maximum atomic E-state index is 9.76. The van der Waals surface area contributed by atoms with Crippen molar-refractivity contribution in [2.45, 2.75) is 32.4 Å². The van der Waals surface area contributed by atoms with Gasteiger partial charge in [-0.2, -0.15) is 0 Å². The van der Waals surface area contributed by atoms with Gasteiger partial charge in [0.1, 0.15) is 18.5 Å². The summed E-state index contributed by atoms with van der Waals surface area (Å²) < 4.78 is 11.0. The SMILES string of the molecule is CCCCOCC(O)COc1ccccc1CNC. The second-order valence-electron chi connectivity index (χ2n) is 4.53. The summed E-state index contributed by atoms with van der Waals surface area (Å²) in [6.07, 6.45) is 1.54. The second-order valence-corrected chi connectivity index (χ2v) is 4.53. The third-order valence-corrected chi connectivity index (χ3v) is 2.72. The molecular formula is C15H25NO3. The molecular weight excluding hydrogens is 242 g/mol. The fourth-order valence-corrected chi connectivity index (χ4v) is 1.68. The Balaban J connectivity index is 2.31. The Labute approximate surface area is 115 Å². The molecule has 19 heavy (non-hydrogen) atoms. The molecule has 2 N–H and O–H groups in total. The number of ether oxygens (including phenoxy) is 2. The van der Waals surface area contributed by atoms with Crippen LogP contribution in [0.15, 0.2) is 24.3 Å². The third-order valence-electron chi connectivity index (χ3n) is 2.72. The molecule has 0 saturated heterocycles. The van der Waals surface area contributed by atoms with Gasteiger partial charge in [-0.25, -0.2) is 0 Å². The molecule has 4 nitrogen and oxygen atoms in total. The summed E-state index contributed by atoms with van der Waals surface area (Å²) in [4.78, 5) is 0. The first-order chi connectivity index (χ1) is 9.27. The van der Waals surface area contributed by atoms with Gasteiger partial charge in [0.05, 0.1) is 6.61 Å². The Morgan fingerprint density at radius 2 is 2.05 bits per heavy atom. The van der Waals surface area contributed by atoms with Crippen LogP contribution in [-0.4, -0.2) is 38.1 Å². The van der Waals surface area contributed by atoms with E-state index in [9.17, 15) is 5.11 Å². The average molecular weight is 267 g/mol. The monoisotopic (exact) mass is 267 g/mol. The zero-order valence-corrected chi connectivity index (χ0v) is 11.9. The van der Waals surface area contributed by atoms with Gasteiger partial charge in [-0.15, -0.1) is 0 Å². The van der Waals surface area contributed by atoms with E-state index in [1.54, 1.807) is 0 Å². The van der Waals surface area contributed by atoms with Gasteiger partial charge in [0.25, 0.3) is 0 Å². The van der Waals surface area contributed by atoms with Crippen LogP contribution in [0.1, 0.15) is 25.3 Å². The van der Waals surface area contributed by atoms with Crippen molar-refractivity contribution in [2.24, 2.45) is 0 Å². The van der Waals surface area contributed by atoms with Crippen molar-refractivity contribution in [3.05, 3.63) is 29.8 Å². The molecule has 0 radical (unpaired) electrons. The van der Waals surface area contributed by atoms with Crippen LogP contribution in [0.2, 0.25) is 0 Å².